The van der Waals surface area contributed by atoms with Crippen LogP contribution in [0.5, 0.6) is 0 Å². The van der Waals surface area contributed by atoms with Crippen molar-refractivity contribution < 1.29 is 4.42 Å². The van der Waals surface area contributed by atoms with Gasteiger partial charge < -0.3 is 9.73 Å². The summed E-state index contributed by atoms with van der Waals surface area (Å²) in [4.78, 5) is 5.70. The molecule has 0 aliphatic heterocycles. The summed E-state index contributed by atoms with van der Waals surface area (Å²) >= 11 is 1.66. The van der Waals surface area contributed by atoms with Crippen LogP contribution >= 0.6 is 11.8 Å². The Bertz CT molecular complexity index is 563. The average Bonchev–Trinajstić information content (AvgIpc) is 2.78. The maximum Gasteiger partial charge on any atom is 0.114 e. The summed E-state index contributed by atoms with van der Waals surface area (Å²) in [5.74, 6) is 1.61. The lowest BCUT2D eigenvalue weighted by Crippen LogP contribution is -2.19. The Morgan fingerprint density at radius 2 is 2.15 bits per heavy atom. The topological polar surface area (TPSA) is 38.1 Å². The molecule has 2 aromatic heterocycles. The zero-order chi connectivity index (χ0) is 14.5. The number of nitrogens with zero attached hydrogens (tertiary/aromatic N) is 1. The quantitative estimate of drug-likeness (QED) is 0.865. The molecule has 0 bridgehead atoms. The summed E-state index contributed by atoms with van der Waals surface area (Å²) in [7, 11) is 0. The average molecular weight is 290 g/mol. The first-order valence-corrected chi connectivity index (χ1v) is 7.76. The van der Waals surface area contributed by atoms with Crippen molar-refractivity contribution in [3.63, 3.8) is 0 Å². The fourth-order valence-corrected chi connectivity index (χ4v) is 2.76. The fraction of sp³-hybridized carbons (Fsp3) is 0.438. The van der Waals surface area contributed by atoms with E-state index in [1.54, 1.807) is 18.0 Å². The Kier molecular flexibility index (Phi) is 5.26. The number of hydrogen-bond acceptors (Lipinski definition) is 4. The Hall–Kier alpha value is -1.26. The molecule has 0 saturated carbocycles. The van der Waals surface area contributed by atoms with Gasteiger partial charge >= 0.3 is 0 Å². The minimum Gasteiger partial charge on any atom is -0.468 e. The van der Waals surface area contributed by atoms with Crippen molar-refractivity contribution in [2.24, 2.45) is 5.92 Å². The van der Waals surface area contributed by atoms with E-state index in [9.17, 15) is 0 Å². The normalized spacial score (nSPS) is 11.2. The maximum absolute atomic E-state index is 5.32. The van der Waals surface area contributed by atoms with Crippen LogP contribution in [0, 0.1) is 19.8 Å². The van der Waals surface area contributed by atoms with Crippen LogP contribution in [0.15, 0.2) is 38.9 Å². The van der Waals surface area contributed by atoms with Gasteiger partial charge in [0.05, 0.1) is 11.2 Å². The van der Waals surface area contributed by atoms with Gasteiger partial charge in [-0.2, -0.15) is 0 Å². The number of pyridine rings is 1. The van der Waals surface area contributed by atoms with E-state index < -0.39 is 0 Å². The van der Waals surface area contributed by atoms with E-state index in [4.69, 9.17) is 4.42 Å². The van der Waals surface area contributed by atoms with Crippen molar-refractivity contribution in [3.8, 4) is 0 Å². The first-order chi connectivity index (χ1) is 9.56. The summed E-state index contributed by atoms with van der Waals surface area (Å²) in [6.45, 7) is 10.4. The number of aromatic nitrogens is 1. The zero-order valence-corrected chi connectivity index (χ0v) is 13.4. The molecule has 0 atom stereocenters. The third-order valence-electron chi connectivity index (χ3n) is 2.99. The van der Waals surface area contributed by atoms with Gasteiger partial charge in [0, 0.05) is 12.7 Å². The lowest BCUT2D eigenvalue weighted by Gasteiger charge is -2.09. The van der Waals surface area contributed by atoms with Gasteiger partial charge in [0.1, 0.15) is 10.8 Å². The van der Waals surface area contributed by atoms with E-state index in [-0.39, 0.29) is 0 Å². The maximum atomic E-state index is 5.32. The first-order valence-electron chi connectivity index (χ1n) is 6.94. The molecule has 20 heavy (non-hydrogen) atoms. The predicted octanol–water partition coefficient (Wildman–Crippen LogP) is 4.19. The molecule has 1 N–H and O–H groups in total. The van der Waals surface area contributed by atoms with Crippen LogP contribution in [0.3, 0.4) is 0 Å². The van der Waals surface area contributed by atoms with Crippen LogP contribution in [0.1, 0.15) is 30.7 Å². The molecule has 2 aromatic rings. The van der Waals surface area contributed by atoms with Gasteiger partial charge in [-0.15, -0.1) is 0 Å². The van der Waals surface area contributed by atoms with Crippen molar-refractivity contribution in [1.29, 1.82) is 0 Å². The van der Waals surface area contributed by atoms with Crippen molar-refractivity contribution in [2.75, 3.05) is 6.54 Å². The highest BCUT2D eigenvalue weighted by Gasteiger charge is 2.08. The second kappa shape index (κ2) is 6.95. The number of rotatable bonds is 6. The highest BCUT2D eigenvalue weighted by atomic mass is 32.2. The summed E-state index contributed by atoms with van der Waals surface area (Å²) in [5, 5.41) is 4.48. The van der Waals surface area contributed by atoms with Gasteiger partial charge in [0.15, 0.2) is 0 Å². The molecular weight excluding hydrogens is 268 g/mol. The summed E-state index contributed by atoms with van der Waals surface area (Å²) in [6, 6.07) is 4.19. The molecule has 0 unspecified atom stereocenters. The van der Waals surface area contributed by atoms with Gasteiger partial charge in [-0.1, -0.05) is 31.7 Å². The third kappa shape index (κ3) is 4.12. The SMILES string of the molecule is Cc1cc(CNCC(C)C)cnc1Sc1ccoc1C. The summed E-state index contributed by atoms with van der Waals surface area (Å²) in [6.07, 6.45) is 3.68. The zero-order valence-electron chi connectivity index (χ0n) is 12.6. The Labute approximate surface area is 125 Å². The molecule has 0 spiro atoms. The first kappa shape index (κ1) is 15.1. The molecule has 0 radical (unpaired) electrons. The van der Waals surface area contributed by atoms with Crippen LogP contribution in [0.4, 0.5) is 0 Å². The highest BCUT2D eigenvalue weighted by molar-refractivity contribution is 7.99. The third-order valence-corrected chi connectivity index (χ3v) is 4.25. The van der Waals surface area contributed by atoms with Gasteiger partial charge in [-0.05, 0) is 43.5 Å². The van der Waals surface area contributed by atoms with E-state index in [0.29, 0.717) is 5.92 Å². The summed E-state index contributed by atoms with van der Waals surface area (Å²) < 4.78 is 5.32. The Morgan fingerprint density at radius 3 is 2.75 bits per heavy atom. The molecule has 4 heteroatoms. The molecule has 3 nitrogen and oxygen atoms in total. The van der Waals surface area contributed by atoms with Crippen LogP contribution < -0.4 is 5.32 Å². The highest BCUT2D eigenvalue weighted by Crippen LogP contribution is 2.31. The van der Waals surface area contributed by atoms with Crippen LogP contribution in [-0.4, -0.2) is 11.5 Å². The van der Waals surface area contributed by atoms with Crippen LogP contribution in [0.2, 0.25) is 0 Å². The minimum absolute atomic E-state index is 0.669. The molecule has 0 aliphatic rings. The van der Waals surface area contributed by atoms with Crippen molar-refractivity contribution in [3.05, 3.63) is 41.5 Å². The number of hydrogen-bond donors (Lipinski definition) is 1. The second-order valence-corrected chi connectivity index (χ2v) is 6.46. The molecule has 2 heterocycles. The molecule has 0 aromatic carbocycles. The molecule has 2 rings (SSSR count). The lowest BCUT2D eigenvalue weighted by atomic mass is 10.2. The van der Waals surface area contributed by atoms with Gasteiger partial charge in [0.2, 0.25) is 0 Å². The van der Waals surface area contributed by atoms with Crippen molar-refractivity contribution in [1.82, 2.24) is 10.3 Å². The molecule has 0 fully saturated rings. The molecule has 0 amide bonds. The monoisotopic (exact) mass is 290 g/mol. The standard InChI is InChI=1S/C16H22N2OS/c1-11(2)8-17-9-14-7-12(3)16(18-10-14)20-15-5-6-19-13(15)4/h5-7,10-11,17H,8-9H2,1-4H3. The van der Waals surface area contributed by atoms with Crippen LogP contribution in [0.25, 0.3) is 0 Å². The fourth-order valence-electron chi connectivity index (χ4n) is 1.91. The van der Waals surface area contributed by atoms with E-state index in [0.717, 1.165) is 28.8 Å². The van der Waals surface area contributed by atoms with Crippen LogP contribution in [-0.2, 0) is 6.54 Å². The van der Waals surface area contributed by atoms with E-state index in [2.05, 4.69) is 37.1 Å². The van der Waals surface area contributed by atoms with E-state index >= 15 is 0 Å². The van der Waals surface area contributed by atoms with E-state index in [1.807, 2.05) is 19.2 Å². The van der Waals surface area contributed by atoms with Crippen molar-refractivity contribution in [2.45, 2.75) is 44.2 Å². The molecule has 108 valence electrons. The Morgan fingerprint density at radius 1 is 1.35 bits per heavy atom. The predicted molar refractivity (Wildman–Crippen MR) is 83.1 cm³/mol. The Balaban J connectivity index is 2.01. The number of furan rings is 1. The number of aryl methyl sites for hydroxylation is 2. The lowest BCUT2D eigenvalue weighted by molar-refractivity contribution is 0.527. The number of nitrogens with one attached hydrogen (secondary N) is 1. The van der Waals surface area contributed by atoms with Gasteiger partial charge in [-0.25, -0.2) is 4.98 Å². The smallest absolute Gasteiger partial charge is 0.114 e. The van der Waals surface area contributed by atoms with Gasteiger partial charge in [0.25, 0.3) is 0 Å². The van der Waals surface area contributed by atoms with Gasteiger partial charge in [-0.3, -0.25) is 0 Å². The molecular formula is C16H22N2OS. The molecule has 0 saturated heterocycles. The molecule has 0 aliphatic carbocycles. The second-order valence-electron chi connectivity index (χ2n) is 5.43. The van der Waals surface area contributed by atoms with Crippen molar-refractivity contribution >= 4 is 11.8 Å². The minimum atomic E-state index is 0.669. The largest absolute Gasteiger partial charge is 0.468 e. The summed E-state index contributed by atoms with van der Waals surface area (Å²) in [5.41, 5.74) is 2.44. The van der Waals surface area contributed by atoms with E-state index in [1.165, 1.54) is 11.1 Å².